The molecule has 2 aromatic carbocycles. The summed E-state index contributed by atoms with van der Waals surface area (Å²) in [6.07, 6.45) is -21.2. The second-order valence-electron chi connectivity index (χ2n) is 6.91. The predicted octanol–water partition coefficient (Wildman–Crippen LogP) is 7.89. The van der Waals surface area contributed by atoms with Crippen LogP contribution < -0.4 is 9.05 Å². The van der Waals surface area contributed by atoms with Gasteiger partial charge in [0.1, 0.15) is 11.5 Å². The van der Waals surface area contributed by atoms with Gasteiger partial charge in [0.25, 0.3) is 0 Å². The molecule has 0 N–H and O–H groups in total. The molecule has 35 heavy (non-hydrogen) atoms. The maximum absolute atomic E-state index is 13.3. The van der Waals surface area contributed by atoms with Crippen molar-refractivity contribution in [1.29, 1.82) is 0 Å². The number of rotatable bonds is 5. The normalized spacial score (nSPS) is 13.8. The first-order valence-corrected chi connectivity index (χ1v) is 10.3. The molecule has 0 bridgehead atoms. The Balaban J connectivity index is 2.69. The van der Waals surface area contributed by atoms with Crippen molar-refractivity contribution in [3.63, 3.8) is 0 Å². The van der Waals surface area contributed by atoms with Gasteiger partial charge in [-0.05, 0) is 50.5 Å². The maximum atomic E-state index is 13.3. The predicted molar refractivity (Wildman–Crippen MR) is 95.4 cm³/mol. The van der Waals surface area contributed by atoms with Gasteiger partial charge < -0.3 is 9.05 Å². The molecule has 0 saturated carbocycles. The average molecular weight is 549 g/mol. The summed E-state index contributed by atoms with van der Waals surface area (Å²) < 4.78 is 180. The van der Waals surface area contributed by atoms with Crippen molar-refractivity contribution in [2.75, 3.05) is 14.1 Å². The molecule has 2 aromatic rings. The zero-order valence-electron chi connectivity index (χ0n) is 17.1. The van der Waals surface area contributed by atoms with E-state index in [4.69, 9.17) is 0 Å². The Labute approximate surface area is 188 Å². The molecule has 0 aromatic heterocycles. The van der Waals surface area contributed by atoms with E-state index in [2.05, 4.69) is 9.05 Å². The van der Waals surface area contributed by atoms with Gasteiger partial charge in [-0.3, -0.25) is 0 Å². The highest BCUT2D eigenvalue weighted by atomic mass is 31.2. The van der Waals surface area contributed by atoms with E-state index in [1.54, 1.807) is 0 Å². The SMILES string of the molecule is CN(C)P(=O)(Oc1cc(C(F)(F)F)ccc1C(F)(F)F)Oc1cc(C(F)(F)F)ccc1C(F)(F)F. The molecule has 0 aliphatic rings. The Bertz CT molecular complexity index is 1040. The third-order valence-electron chi connectivity index (χ3n) is 4.15. The van der Waals surface area contributed by atoms with Gasteiger partial charge in [-0.25, -0.2) is 4.57 Å². The highest BCUT2D eigenvalue weighted by Crippen LogP contribution is 2.55. The van der Waals surface area contributed by atoms with Gasteiger partial charge in [0.2, 0.25) is 0 Å². The van der Waals surface area contributed by atoms with Crippen molar-refractivity contribution in [3.05, 3.63) is 58.7 Å². The van der Waals surface area contributed by atoms with Crippen LogP contribution in [-0.2, 0) is 29.3 Å². The molecule has 0 fully saturated rings. The lowest BCUT2D eigenvalue weighted by Crippen LogP contribution is -2.21. The molecule has 0 saturated heterocycles. The van der Waals surface area contributed by atoms with Crippen LogP contribution in [0.5, 0.6) is 11.5 Å². The summed E-state index contributed by atoms with van der Waals surface area (Å²) in [6.45, 7) is 0. The van der Waals surface area contributed by atoms with E-state index in [9.17, 15) is 57.3 Å². The van der Waals surface area contributed by atoms with Crippen molar-refractivity contribution in [2.24, 2.45) is 0 Å². The molecular weight excluding hydrogens is 537 g/mol. The van der Waals surface area contributed by atoms with Crippen LogP contribution in [0.25, 0.3) is 0 Å². The van der Waals surface area contributed by atoms with Gasteiger partial charge in [0.15, 0.2) is 0 Å². The smallest absolute Gasteiger partial charge is 0.404 e. The summed E-state index contributed by atoms with van der Waals surface area (Å²) in [5.41, 5.74) is -7.23. The molecule has 4 nitrogen and oxygen atoms in total. The summed E-state index contributed by atoms with van der Waals surface area (Å²) >= 11 is 0. The zero-order chi connectivity index (χ0) is 27.2. The lowest BCUT2D eigenvalue weighted by atomic mass is 10.1. The second kappa shape index (κ2) is 9.12. The summed E-state index contributed by atoms with van der Waals surface area (Å²) in [5.74, 6) is -3.49. The van der Waals surface area contributed by atoms with E-state index in [0.29, 0.717) is 0 Å². The number of halogens is 12. The van der Waals surface area contributed by atoms with Crippen LogP contribution in [-0.4, -0.2) is 18.8 Å². The van der Waals surface area contributed by atoms with E-state index in [-0.39, 0.29) is 41.1 Å². The first-order valence-electron chi connectivity index (χ1n) is 8.79. The van der Waals surface area contributed by atoms with Gasteiger partial charge in [0.05, 0.1) is 22.3 Å². The van der Waals surface area contributed by atoms with Gasteiger partial charge in [-0.2, -0.15) is 57.4 Å². The van der Waals surface area contributed by atoms with Crippen LogP contribution in [0.4, 0.5) is 52.7 Å². The van der Waals surface area contributed by atoms with Crippen LogP contribution in [0.15, 0.2) is 36.4 Å². The molecule has 0 unspecified atom stereocenters. The van der Waals surface area contributed by atoms with Crippen LogP contribution in [0.1, 0.15) is 22.3 Å². The first-order chi connectivity index (χ1) is 15.6. The molecule has 0 amide bonds. The van der Waals surface area contributed by atoms with Crippen LogP contribution in [0.3, 0.4) is 0 Å². The van der Waals surface area contributed by atoms with Crippen LogP contribution >= 0.6 is 7.75 Å². The highest BCUT2D eigenvalue weighted by molar-refractivity contribution is 7.52. The lowest BCUT2D eigenvalue weighted by Gasteiger charge is -2.27. The largest absolute Gasteiger partial charge is 0.515 e. The minimum Gasteiger partial charge on any atom is -0.404 e. The van der Waals surface area contributed by atoms with E-state index < -0.39 is 66.2 Å². The summed E-state index contributed by atoms with van der Waals surface area (Å²) in [6, 6.07) is -0.567. The second-order valence-corrected chi connectivity index (χ2v) is 9.01. The zero-order valence-corrected chi connectivity index (χ0v) is 18.0. The molecule has 0 spiro atoms. The van der Waals surface area contributed by atoms with Crippen LogP contribution in [0, 0.1) is 0 Å². The molecule has 0 heterocycles. The fourth-order valence-electron chi connectivity index (χ4n) is 2.45. The van der Waals surface area contributed by atoms with Crippen molar-refractivity contribution >= 4 is 7.75 Å². The fraction of sp³-hybridized carbons (Fsp3) is 0.333. The number of hydrogen-bond donors (Lipinski definition) is 0. The average Bonchev–Trinajstić information content (AvgIpc) is 2.64. The number of hydrogen-bond acceptors (Lipinski definition) is 3. The van der Waals surface area contributed by atoms with E-state index >= 15 is 0 Å². The Kier molecular flexibility index (Phi) is 7.46. The number of nitrogens with zero attached hydrogens (tertiary/aromatic N) is 1. The third-order valence-corrected chi connectivity index (χ3v) is 5.98. The van der Waals surface area contributed by atoms with Crippen molar-refractivity contribution in [2.45, 2.75) is 24.7 Å². The van der Waals surface area contributed by atoms with Crippen LogP contribution in [0.2, 0.25) is 0 Å². The summed E-state index contributed by atoms with van der Waals surface area (Å²) in [7, 11) is -4.00. The Morgan fingerprint density at radius 3 is 1.14 bits per heavy atom. The maximum Gasteiger partial charge on any atom is 0.515 e. The van der Waals surface area contributed by atoms with E-state index in [0.717, 1.165) is 14.1 Å². The monoisotopic (exact) mass is 549 g/mol. The number of benzene rings is 2. The van der Waals surface area contributed by atoms with Gasteiger partial charge in [0, 0.05) is 0 Å². The highest BCUT2D eigenvalue weighted by Gasteiger charge is 2.44. The Hall–Kier alpha value is -2.61. The van der Waals surface area contributed by atoms with Crippen molar-refractivity contribution in [1.82, 2.24) is 4.67 Å². The Morgan fingerprint density at radius 1 is 0.600 bits per heavy atom. The third kappa shape index (κ3) is 6.75. The standard InChI is InChI=1S/C18H12F12NO3P/c1-31(2)35(32,33-13-7-9(15(19,20)21)3-5-11(13)17(25,26)27)34-14-8-10(16(22,23)24)4-6-12(14)18(28,29)30/h3-8H,1-2H3. The van der Waals surface area contributed by atoms with Gasteiger partial charge >= 0.3 is 32.5 Å². The topological polar surface area (TPSA) is 38.8 Å². The molecule has 0 aliphatic carbocycles. The summed E-state index contributed by atoms with van der Waals surface area (Å²) in [5, 5.41) is 0. The van der Waals surface area contributed by atoms with E-state index in [1.165, 1.54) is 0 Å². The molecule has 0 radical (unpaired) electrons. The van der Waals surface area contributed by atoms with Crippen molar-refractivity contribution in [3.8, 4) is 11.5 Å². The molecule has 2 rings (SSSR count). The first kappa shape index (κ1) is 28.6. The number of alkyl halides is 12. The van der Waals surface area contributed by atoms with E-state index in [1.807, 2.05) is 0 Å². The summed E-state index contributed by atoms with van der Waals surface area (Å²) in [4.78, 5) is 0. The minimum atomic E-state index is -5.47. The lowest BCUT2D eigenvalue weighted by molar-refractivity contribution is -0.142. The quantitative estimate of drug-likeness (QED) is 0.281. The minimum absolute atomic E-state index is 0.0195. The molecule has 17 heteroatoms. The Morgan fingerprint density at radius 2 is 0.914 bits per heavy atom. The fourth-order valence-corrected chi connectivity index (χ4v) is 3.61. The molecule has 0 aliphatic heterocycles. The van der Waals surface area contributed by atoms with Crippen molar-refractivity contribution < 1.29 is 66.3 Å². The van der Waals surface area contributed by atoms with Gasteiger partial charge in [-0.15, -0.1) is 0 Å². The molecular formula is C18H12F12NO3P. The molecule has 0 atom stereocenters. The van der Waals surface area contributed by atoms with Gasteiger partial charge in [-0.1, -0.05) is 0 Å². The molecule has 196 valence electrons.